The number of thiophene rings is 1. The Bertz CT molecular complexity index is 340. The maximum atomic E-state index is 11.7. The molecule has 0 aliphatic carbocycles. The van der Waals surface area contributed by atoms with E-state index in [4.69, 9.17) is 5.73 Å². The Labute approximate surface area is 109 Å². The van der Waals surface area contributed by atoms with Crippen molar-refractivity contribution in [2.24, 2.45) is 11.7 Å². The second-order valence-electron chi connectivity index (χ2n) is 3.67. The minimum absolute atomic E-state index is 0.0478. The molecular weight excluding hydrogens is 288 g/mol. The lowest BCUT2D eigenvalue weighted by atomic mass is 10.0. The van der Waals surface area contributed by atoms with E-state index in [2.05, 4.69) is 28.2 Å². The van der Waals surface area contributed by atoms with Crippen LogP contribution in [0.1, 0.15) is 24.6 Å². The molecule has 5 heteroatoms. The first-order valence-electron chi connectivity index (χ1n) is 5.38. The topological polar surface area (TPSA) is 55.1 Å². The number of amides is 1. The summed E-state index contributed by atoms with van der Waals surface area (Å²) in [7, 11) is 0. The molecular formula is C11H17BrN2OS. The molecule has 0 aliphatic heterocycles. The van der Waals surface area contributed by atoms with E-state index in [1.807, 2.05) is 11.4 Å². The highest BCUT2D eigenvalue weighted by atomic mass is 79.9. The number of carbonyl (C=O) groups is 1. The quantitative estimate of drug-likeness (QED) is 0.848. The minimum Gasteiger partial charge on any atom is -0.351 e. The Kier molecular flexibility index (Phi) is 6.01. The van der Waals surface area contributed by atoms with Crippen molar-refractivity contribution in [3.63, 3.8) is 0 Å². The van der Waals surface area contributed by atoms with Gasteiger partial charge in [-0.05, 0) is 28.4 Å². The molecule has 1 amide bonds. The first kappa shape index (κ1) is 13.7. The zero-order valence-electron chi connectivity index (χ0n) is 9.33. The molecule has 90 valence electrons. The third kappa shape index (κ3) is 4.23. The molecule has 1 aromatic heterocycles. The van der Waals surface area contributed by atoms with Crippen LogP contribution in [0, 0.1) is 5.92 Å². The van der Waals surface area contributed by atoms with Crippen LogP contribution in [0.15, 0.2) is 15.9 Å². The van der Waals surface area contributed by atoms with Gasteiger partial charge in [-0.2, -0.15) is 0 Å². The van der Waals surface area contributed by atoms with Gasteiger partial charge in [0.05, 0.1) is 12.5 Å². The molecule has 1 unspecified atom stereocenters. The minimum atomic E-state index is -0.0478. The lowest BCUT2D eigenvalue weighted by molar-refractivity contribution is -0.125. The smallest absolute Gasteiger partial charge is 0.224 e. The summed E-state index contributed by atoms with van der Waals surface area (Å²) in [4.78, 5) is 12.9. The van der Waals surface area contributed by atoms with Crippen molar-refractivity contribution >= 4 is 33.2 Å². The highest BCUT2D eigenvalue weighted by molar-refractivity contribution is 9.10. The van der Waals surface area contributed by atoms with Crippen LogP contribution in [0.2, 0.25) is 0 Å². The van der Waals surface area contributed by atoms with E-state index in [-0.39, 0.29) is 11.8 Å². The van der Waals surface area contributed by atoms with Gasteiger partial charge in [0.2, 0.25) is 5.91 Å². The van der Waals surface area contributed by atoms with Crippen LogP contribution in [0.3, 0.4) is 0 Å². The number of carbonyl (C=O) groups excluding carboxylic acids is 1. The Balaban J connectivity index is 2.39. The van der Waals surface area contributed by atoms with Crippen LogP contribution in [-0.4, -0.2) is 12.5 Å². The van der Waals surface area contributed by atoms with Crippen LogP contribution in [0.25, 0.3) is 0 Å². The largest absolute Gasteiger partial charge is 0.351 e. The SMILES string of the molecule is CCCC(CN)C(=O)NCc1cc(Br)cs1. The van der Waals surface area contributed by atoms with Crippen molar-refractivity contribution in [2.45, 2.75) is 26.3 Å². The molecule has 1 atom stereocenters. The fraction of sp³-hybridized carbons (Fsp3) is 0.545. The predicted molar refractivity (Wildman–Crippen MR) is 71.3 cm³/mol. The van der Waals surface area contributed by atoms with Gasteiger partial charge in [0.1, 0.15) is 0 Å². The summed E-state index contributed by atoms with van der Waals surface area (Å²) in [6.07, 6.45) is 1.84. The van der Waals surface area contributed by atoms with Gasteiger partial charge in [0.25, 0.3) is 0 Å². The lowest BCUT2D eigenvalue weighted by Gasteiger charge is -2.13. The number of nitrogens with two attached hydrogens (primary N) is 1. The van der Waals surface area contributed by atoms with Gasteiger partial charge in [-0.25, -0.2) is 0 Å². The number of rotatable bonds is 6. The Morgan fingerprint density at radius 3 is 2.94 bits per heavy atom. The van der Waals surface area contributed by atoms with E-state index >= 15 is 0 Å². The summed E-state index contributed by atoms with van der Waals surface area (Å²) in [5, 5.41) is 4.93. The van der Waals surface area contributed by atoms with E-state index in [1.54, 1.807) is 11.3 Å². The number of hydrogen-bond donors (Lipinski definition) is 2. The second kappa shape index (κ2) is 7.04. The van der Waals surface area contributed by atoms with Crippen molar-refractivity contribution in [1.29, 1.82) is 0 Å². The molecule has 0 saturated heterocycles. The fourth-order valence-corrected chi connectivity index (χ4v) is 2.86. The van der Waals surface area contributed by atoms with Gasteiger partial charge in [-0.3, -0.25) is 4.79 Å². The molecule has 0 aliphatic rings. The van der Waals surface area contributed by atoms with Gasteiger partial charge in [0, 0.05) is 21.3 Å². The van der Waals surface area contributed by atoms with Gasteiger partial charge in [0.15, 0.2) is 0 Å². The third-order valence-corrected chi connectivity index (χ3v) is 4.05. The Hall–Kier alpha value is -0.390. The molecule has 1 aromatic rings. The number of hydrogen-bond acceptors (Lipinski definition) is 3. The van der Waals surface area contributed by atoms with Crippen LogP contribution >= 0.6 is 27.3 Å². The van der Waals surface area contributed by atoms with Gasteiger partial charge >= 0.3 is 0 Å². The van der Waals surface area contributed by atoms with Crippen molar-refractivity contribution < 1.29 is 4.79 Å². The Morgan fingerprint density at radius 2 is 2.44 bits per heavy atom. The highest BCUT2D eigenvalue weighted by Gasteiger charge is 2.15. The molecule has 16 heavy (non-hydrogen) atoms. The van der Waals surface area contributed by atoms with Crippen LogP contribution in [0.4, 0.5) is 0 Å². The summed E-state index contributed by atoms with van der Waals surface area (Å²) < 4.78 is 1.06. The molecule has 0 spiro atoms. The van der Waals surface area contributed by atoms with Crippen molar-refractivity contribution in [3.05, 3.63) is 20.8 Å². The number of halogens is 1. The first-order valence-corrected chi connectivity index (χ1v) is 7.05. The molecule has 0 fully saturated rings. The Morgan fingerprint density at radius 1 is 1.69 bits per heavy atom. The van der Waals surface area contributed by atoms with Crippen LogP contribution in [0.5, 0.6) is 0 Å². The first-order chi connectivity index (χ1) is 7.67. The zero-order valence-corrected chi connectivity index (χ0v) is 11.7. The average Bonchev–Trinajstić information content (AvgIpc) is 2.68. The van der Waals surface area contributed by atoms with E-state index in [9.17, 15) is 4.79 Å². The summed E-state index contributed by atoms with van der Waals surface area (Å²) in [6.45, 7) is 3.08. The van der Waals surface area contributed by atoms with Gasteiger partial charge in [-0.15, -0.1) is 11.3 Å². The van der Waals surface area contributed by atoms with Crippen LogP contribution < -0.4 is 11.1 Å². The van der Waals surface area contributed by atoms with E-state index in [1.165, 1.54) is 0 Å². The summed E-state index contributed by atoms with van der Waals surface area (Å²) in [5.74, 6) is 0.0160. The van der Waals surface area contributed by atoms with Crippen molar-refractivity contribution in [2.75, 3.05) is 6.54 Å². The summed E-state index contributed by atoms with van der Waals surface area (Å²) in [6, 6.07) is 2.02. The molecule has 0 saturated carbocycles. The standard InChI is InChI=1S/C11H17BrN2OS/c1-2-3-8(5-13)11(15)14-6-10-4-9(12)7-16-10/h4,7-8H,2-3,5-6,13H2,1H3,(H,14,15). The molecule has 1 heterocycles. The lowest BCUT2D eigenvalue weighted by Crippen LogP contribution is -2.34. The van der Waals surface area contributed by atoms with Crippen molar-refractivity contribution in [1.82, 2.24) is 5.32 Å². The monoisotopic (exact) mass is 304 g/mol. The van der Waals surface area contributed by atoms with E-state index < -0.39 is 0 Å². The zero-order chi connectivity index (χ0) is 12.0. The maximum Gasteiger partial charge on any atom is 0.224 e. The molecule has 0 aromatic carbocycles. The van der Waals surface area contributed by atoms with Gasteiger partial charge < -0.3 is 11.1 Å². The van der Waals surface area contributed by atoms with Gasteiger partial charge in [-0.1, -0.05) is 13.3 Å². The van der Waals surface area contributed by atoms with Crippen LogP contribution in [-0.2, 0) is 11.3 Å². The second-order valence-corrected chi connectivity index (χ2v) is 5.58. The van der Waals surface area contributed by atoms with E-state index in [0.29, 0.717) is 13.1 Å². The molecule has 3 nitrogen and oxygen atoms in total. The highest BCUT2D eigenvalue weighted by Crippen LogP contribution is 2.19. The van der Waals surface area contributed by atoms with Crippen molar-refractivity contribution in [3.8, 4) is 0 Å². The molecule has 0 bridgehead atoms. The number of nitrogens with one attached hydrogen (secondary N) is 1. The molecule has 1 rings (SSSR count). The summed E-state index contributed by atoms with van der Waals surface area (Å²) in [5.41, 5.74) is 5.57. The van der Waals surface area contributed by atoms with E-state index in [0.717, 1.165) is 22.2 Å². The normalized spacial score (nSPS) is 12.4. The molecule has 0 radical (unpaired) electrons. The molecule has 3 N–H and O–H groups in total. The predicted octanol–water partition coefficient (Wildman–Crippen LogP) is 2.50. The fourth-order valence-electron chi connectivity index (χ4n) is 1.47. The third-order valence-electron chi connectivity index (χ3n) is 2.35. The summed E-state index contributed by atoms with van der Waals surface area (Å²) >= 11 is 5.02. The maximum absolute atomic E-state index is 11.7. The average molecular weight is 305 g/mol.